The Morgan fingerprint density at radius 2 is 1.97 bits per heavy atom. The molecule has 0 saturated carbocycles. The topological polar surface area (TPSA) is 108 Å². The van der Waals surface area contributed by atoms with Crippen LogP contribution < -0.4 is 9.88 Å². The Morgan fingerprint density at radius 1 is 1.24 bits per heavy atom. The van der Waals surface area contributed by atoms with Gasteiger partial charge in [-0.2, -0.15) is 0 Å². The van der Waals surface area contributed by atoms with Crippen LogP contribution in [0.25, 0.3) is 11.0 Å². The Hall–Kier alpha value is -3.17. The molecule has 8 nitrogen and oxygen atoms in total. The maximum absolute atomic E-state index is 12.8. The van der Waals surface area contributed by atoms with Gasteiger partial charge in [0, 0.05) is 33.0 Å². The average Bonchev–Trinajstić information content (AvgIpc) is 3.13. The molecule has 0 spiro atoms. The number of imidazole rings is 1. The summed E-state index contributed by atoms with van der Waals surface area (Å²) in [6.45, 7) is 7.35. The SMILES string of the molecule is C=CCOc1ccc(CN(C)C(=O)CCc2nc3cc(S(N)(=O)=O)ccc3n2CCC)cc1. The molecule has 1 amide bonds. The average molecular weight is 471 g/mol. The van der Waals surface area contributed by atoms with Crippen LogP contribution in [0.1, 0.15) is 31.2 Å². The molecule has 0 aliphatic rings. The second-order valence-electron chi connectivity index (χ2n) is 7.87. The van der Waals surface area contributed by atoms with Gasteiger partial charge in [0.15, 0.2) is 0 Å². The number of amides is 1. The second-order valence-corrected chi connectivity index (χ2v) is 9.43. The van der Waals surface area contributed by atoms with Crippen LogP contribution in [0, 0.1) is 0 Å². The first-order chi connectivity index (χ1) is 15.7. The third-order valence-corrected chi connectivity index (χ3v) is 6.18. The standard InChI is InChI=1S/C24H30N4O4S/c1-4-14-28-22-11-10-20(33(25,30)31)16-21(22)26-23(28)12-13-24(29)27(3)17-18-6-8-19(9-7-18)32-15-5-2/h5-11,16H,2,4,12-15,17H2,1,3H3,(H2,25,30,31). The number of carbonyl (C=O) groups excluding carboxylic acids is 1. The molecule has 0 radical (unpaired) electrons. The number of hydrogen-bond donors (Lipinski definition) is 1. The molecule has 33 heavy (non-hydrogen) atoms. The zero-order valence-corrected chi connectivity index (χ0v) is 19.8. The summed E-state index contributed by atoms with van der Waals surface area (Å²) in [6, 6.07) is 12.3. The van der Waals surface area contributed by atoms with Crippen molar-refractivity contribution in [1.82, 2.24) is 14.5 Å². The summed E-state index contributed by atoms with van der Waals surface area (Å²) < 4.78 is 30.9. The highest BCUT2D eigenvalue weighted by atomic mass is 32.2. The predicted molar refractivity (Wildman–Crippen MR) is 128 cm³/mol. The highest BCUT2D eigenvalue weighted by Gasteiger charge is 2.17. The molecule has 176 valence electrons. The quantitative estimate of drug-likeness (QED) is 0.433. The first kappa shape index (κ1) is 24.5. The van der Waals surface area contributed by atoms with Crippen LogP contribution in [0.2, 0.25) is 0 Å². The number of nitrogens with two attached hydrogens (primary N) is 1. The lowest BCUT2D eigenvalue weighted by molar-refractivity contribution is -0.130. The molecule has 0 aliphatic heterocycles. The lowest BCUT2D eigenvalue weighted by Crippen LogP contribution is -2.26. The minimum absolute atomic E-state index is 0.00214. The molecule has 0 aliphatic carbocycles. The van der Waals surface area contributed by atoms with E-state index in [1.54, 1.807) is 24.1 Å². The molecule has 2 N–H and O–H groups in total. The first-order valence-electron chi connectivity index (χ1n) is 10.8. The summed E-state index contributed by atoms with van der Waals surface area (Å²) in [5, 5.41) is 5.25. The van der Waals surface area contributed by atoms with Crippen LogP contribution in [-0.4, -0.2) is 42.4 Å². The van der Waals surface area contributed by atoms with Gasteiger partial charge >= 0.3 is 0 Å². The minimum atomic E-state index is -3.81. The zero-order valence-electron chi connectivity index (χ0n) is 19.0. The minimum Gasteiger partial charge on any atom is -0.490 e. The number of primary sulfonamides is 1. The Labute approximate surface area is 194 Å². The molecule has 0 atom stereocenters. The van der Waals surface area contributed by atoms with Crippen molar-refractivity contribution in [1.29, 1.82) is 0 Å². The zero-order chi connectivity index (χ0) is 24.0. The molecule has 0 fully saturated rings. The van der Waals surface area contributed by atoms with E-state index in [0.29, 0.717) is 31.5 Å². The number of fused-ring (bicyclic) bond motifs is 1. The van der Waals surface area contributed by atoms with E-state index >= 15 is 0 Å². The van der Waals surface area contributed by atoms with Crippen LogP contribution in [0.4, 0.5) is 0 Å². The van der Waals surface area contributed by atoms with Crippen molar-refractivity contribution in [2.24, 2.45) is 5.14 Å². The van der Waals surface area contributed by atoms with Gasteiger partial charge in [0.2, 0.25) is 15.9 Å². The van der Waals surface area contributed by atoms with Gasteiger partial charge < -0.3 is 14.2 Å². The van der Waals surface area contributed by atoms with Crippen LogP contribution in [0.5, 0.6) is 5.75 Å². The molecule has 2 aromatic carbocycles. The number of nitrogens with zero attached hydrogens (tertiary/aromatic N) is 3. The summed E-state index contributed by atoms with van der Waals surface area (Å²) in [5.41, 5.74) is 2.40. The Bertz CT molecular complexity index is 1230. The van der Waals surface area contributed by atoms with E-state index in [1.807, 2.05) is 28.8 Å². The van der Waals surface area contributed by atoms with Crippen molar-refractivity contribution < 1.29 is 17.9 Å². The van der Waals surface area contributed by atoms with Gasteiger partial charge in [-0.25, -0.2) is 18.5 Å². The second kappa shape index (κ2) is 10.6. The van der Waals surface area contributed by atoms with E-state index in [-0.39, 0.29) is 10.8 Å². The van der Waals surface area contributed by atoms with Crippen LogP contribution in [0.15, 0.2) is 60.0 Å². The molecule has 1 aromatic heterocycles. The van der Waals surface area contributed by atoms with E-state index in [9.17, 15) is 13.2 Å². The number of aryl methyl sites for hydroxylation is 2. The highest BCUT2D eigenvalue weighted by Crippen LogP contribution is 2.22. The molecule has 0 bridgehead atoms. The molecule has 0 unspecified atom stereocenters. The Morgan fingerprint density at radius 3 is 2.61 bits per heavy atom. The van der Waals surface area contributed by atoms with E-state index in [1.165, 1.54) is 12.1 Å². The monoisotopic (exact) mass is 470 g/mol. The van der Waals surface area contributed by atoms with Gasteiger partial charge in [0.05, 0.1) is 15.9 Å². The fourth-order valence-corrected chi connectivity index (χ4v) is 4.15. The van der Waals surface area contributed by atoms with Crippen molar-refractivity contribution >= 4 is 27.0 Å². The van der Waals surface area contributed by atoms with Crippen LogP contribution in [-0.2, 0) is 34.3 Å². The van der Waals surface area contributed by atoms with Crippen molar-refractivity contribution in [3.63, 3.8) is 0 Å². The molecule has 3 rings (SSSR count). The van der Waals surface area contributed by atoms with Crippen molar-refractivity contribution in [2.45, 2.75) is 44.2 Å². The van der Waals surface area contributed by atoms with Gasteiger partial charge in [-0.15, -0.1) is 0 Å². The van der Waals surface area contributed by atoms with Gasteiger partial charge in [-0.1, -0.05) is 31.7 Å². The molecular formula is C24H30N4O4S. The maximum atomic E-state index is 12.8. The molecular weight excluding hydrogens is 440 g/mol. The Balaban J connectivity index is 1.68. The largest absolute Gasteiger partial charge is 0.490 e. The van der Waals surface area contributed by atoms with E-state index < -0.39 is 10.0 Å². The van der Waals surface area contributed by atoms with Crippen molar-refractivity contribution in [3.8, 4) is 5.75 Å². The Kier molecular flexibility index (Phi) is 7.88. The number of rotatable bonds is 11. The van der Waals surface area contributed by atoms with E-state index in [4.69, 9.17) is 9.88 Å². The van der Waals surface area contributed by atoms with Crippen molar-refractivity contribution in [3.05, 3.63) is 66.5 Å². The smallest absolute Gasteiger partial charge is 0.238 e. The number of benzene rings is 2. The number of sulfonamides is 1. The number of hydrogen-bond acceptors (Lipinski definition) is 5. The fraction of sp³-hybridized carbons (Fsp3) is 0.333. The van der Waals surface area contributed by atoms with Crippen molar-refractivity contribution in [2.75, 3.05) is 13.7 Å². The summed E-state index contributed by atoms with van der Waals surface area (Å²) in [6.07, 6.45) is 3.33. The summed E-state index contributed by atoms with van der Waals surface area (Å²) >= 11 is 0. The van der Waals surface area contributed by atoms with Crippen LogP contribution in [0.3, 0.4) is 0 Å². The number of carbonyl (C=O) groups is 1. The predicted octanol–water partition coefficient (Wildman–Crippen LogP) is 3.25. The summed E-state index contributed by atoms with van der Waals surface area (Å²) in [5.74, 6) is 1.51. The first-order valence-corrected chi connectivity index (χ1v) is 12.4. The molecule has 9 heteroatoms. The molecule has 3 aromatic rings. The fourth-order valence-electron chi connectivity index (χ4n) is 3.62. The van der Waals surface area contributed by atoms with Gasteiger partial charge in [0.1, 0.15) is 18.2 Å². The van der Waals surface area contributed by atoms with Crippen LogP contribution >= 0.6 is 0 Å². The molecule has 0 saturated heterocycles. The van der Waals surface area contributed by atoms with Gasteiger partial charge in [0.25, 0.3) is 0 Å². The number of ether oxygens (including phenoxy) is 1. The molecule has 1 heterocycles. The number of aromatic nitrogens is 2. The summed E-state index contributed by atoms with van der Waals surface area (Å²) in [7, 11) is -2.03. The maximum Gasteiger partial charge on any atom is 0.238 e. The van der Waals surface area contributed by atoms with E-state index in [2.05, 4.69) is 18.5 Å². The third kappa shape index (κ3) is 6.21. The van der Waals surface area contributed by atoms with E-state index in [0.717, 1.165) is 35.6 Å². The summed E-state index contributed by atoms with van der Waals surface area (Å²) in [4.78, 5) is 19.1. The third-order valence-electron chi connectivity index (χ3n) is 5.27. The highest BCUT2D eigenvalue weighted by molar-refractivity contribution is 7.89. The van der Waals surface area contributed by atoms with Gasteiger partial charge in [-0.05, 0) is 42.3 Å². The lowest BCUT2D eigenvalue weighted by atomic mass is 10.2. The normalized spacial score (nSPS) is 11.5. The lowest BCUT2D eigenvalue weighted by Gasteiger charge is -2.18. The van der Waals surface area contributed by atoms with Gasteiger partial charge in [-0.3, -0.25) is 4.79 Å².